The predicted octanol–water partition coefficient (Wildman–Crippen LogP) is 3.80. The molecular weight excluding hydrogens is 469 g/mol. The van der Waals surface area contributed by atoms with Gasteiger partial charge in [-0.3, -0.25) is 0 Å². The summed E-state index contributed by atoms with van der Waals surface area (Å²) in [5.74, 6) is 0.0526. The molecule has 8 nitrogen and oxygen atoms in total. The summed E-state index contributed by atoms with van der Waals surface area (Å²) in [6.07, 6.45) is 2.36. The van der Waals surface area contributed by atoms with Gasteiger partial charge in [0, 0.05) is 30.2 Å². The standard InChI is InChI=1S/C25H24FN5O3S/c1-28-12-15-2-7-19(20(26)10-15)21-11-23(34-31-21)24-25(27)29-13-22(30-24)16-3-5-17(6-4-16)35(32)18-8-9-33-14-18/h2-7,10-11,13,18,28H,8-9,12,14H2,1H3,(H2,27,29). The first-order valence-corrected chi connectivity index (χ1v) is 12.4. The number of nitrogens with one attached hydrogen (secondary N) is 1. The second-order valence-corrected chi connectivity index (χ2v) is 9.95. The van der Waals surface area contributed by atoms with Gasteiger partial charge in [-0.15, -0.1) is 0 Å². The summed E-state index contributed by atoms with van der Waals surface area (Å²) in [4.78, 5) is 9.61. The summed E-state index contributed by atoms with van der Waals surface area (Å²) in [6, 6.07) is 13.9. The maximum Gasteiger partial charge on any atom is 0.189 e. The summed E-state index contributed by atoms with van der Waals surface area (Å²) < 4.78 is 38.1. The number of halogens is 1. The van der Waals surface area contributed by atoms with Crippen LogP contribution in [-0.4, -0.2) is 45.2 Å². The van der Waals surface area contributed by atoms with Crippen LogP contribution in [0.1, 0.15) is 12.0 Å². The Bertz CT molecular complexity index is 1330. The molecule has 3 N–H and O–H groups in total. The van der Waals surface area contributed by atoms with E-state index in [0.29, 0.717) is 42.4 Å². The van der Waals surface area contributed by atoms with Crippen LogP contribution >= 0.6 is 0 Å². The lowest BCUT2D eigenvalue weighted by Gasteiger charge is -2.15. The Morgan fingerprint density at radius 2 is 2.00 bits per heavy atom. The molecule has 2 atom stereocenters. The molecule has 3 heterocycles. The molecule has 0 bridgehead atoms. The van der Waals surface area contributed by atoms with Crippen LogP contribution in [0.5, 0.6) is 0 Å². The number of benzene rings is 2. The highest BCUT2D eigenvalue weighted by molar-refractivity contribution is 7.92. The van der Waals surface area contributed by atoms with Gasteiger partial charge in [0.1, 0.15) is 16.8 Å². The van der Waals surface area contributed by atoms with Crippen molar-refractivity contribution < 1.29 is 18.2 Å². The number of nitrogens with two attached hydrogens (primary N) is 1. The van der Waals surface area contributed by atoms with Gasteiger partial charge in [-0.05, 0) is 60.2 Å². The van der Waals surface area contributed by atoms with Crippen molar-refractivity contribution in [2.75, 3.05) is 26.0 Å². The van der Waals surface area contributed by atoms with E-state index < -0.39 is 17.0 Å². The Balaban J connectivity index is 1.40. The molecule has 4 aromatic rings. The SMILES string of the molecule is CNCc1ccc(-c2cc(-c3nc(-c4ccc([S+]([O-])C5CCOC5)cc4)cnc3N)on2)c(F)c1. The number of rotatable bonds is 7. The van der Waals surface area contributed by atoms with E-state index >= 15 is 0 Å². The third-order valence-electron chi connectivity index (χ3n) is 5.81. The number of aromatic nitrogens is 3. The molecule has 2 unspecified atom stereocenters. The predicted molar refractivity (Wildman–Crippen MR) is 131 cm³/mol. The topological polar surface area (TPSA) is 122 Å². The van der Waals surface area contributed by atoms with Gasteiger partial charge in [0.15, 0.2) is 22.2 Å². The van der Waals surface area contributed by atoms with Crippen molar-refractivity contribution in [2.45, 2.75) is 23.1 Å². The summed E-state index contributed by atoms with van der Waals surface area (Å²) in [5.41, 5.74) is 9.21. The minimum atomic E-state index is -1.12. The molecule has 0 saturated carbocycles. The van der Waals surface area contributed by atoms with Gasteiger partial charge in [-0.2, -0.15) is 0 Å². The minimum Gasteiger partial charge on any atom is -0.611 e. The average molecular weight is 494 g/mol. The number of hydrogen-bond donors (Lipinski definition) is 2. The van der Waals surface area contributed by atoms with Crippen molar-refractivity contribution in [3.63, 3.8) is 0 Å². The molecule has 1 aliphatic heterocycles. The van der Waals surface area contributed by atoms with Crippen LogP contribution in [0.3, 0.4) is 0 Å². The fraction of sp³-hybridized carbons (Fsp3) is 0.240. The van der Waals surface area contributed by atoms with E-state index in [9.17, 15) is 8.94 Å². The molecule has 0 amide bonds. The van der Waals surface area contributed by atoms with E-state index in [1.54, 1.807) is 25.4 Å². The average Bonchev–Trinajstić information content (AvgIpc) is 3.57. The van der Waals surface area contributed by atoms with Gasteiger partial charge in [-0.25, -0.2) is 14.4 Å². The molecule has 0 aliphatic carbocycles. The normalized spacial score (nSPS) is 16.5. The van der Waals surface area contributed by atoms with Crippen LogP contribution in [0, 0.1) is 5.82 Å². The van der Waals surface area contributed by atoms with Crippen LogP contribution < -0.4 is 11.1 Å². The lowest BCUT2D eigenvalue weighted by molar-refractivity contribution is 0.198. The molecule has 2 aromatic carbocycles. The lowest BCUT2D eigenvalue weighted by Crippen LogP contribution is -2.21. The summed E-state index contributed by atoms with van der Waals surface area (Å²) >= 11 is -1.12. The van der Waals surface area contributed by atoms with Crippen molar-refractivity contribution in [3.05, 3.63) is 66.1 Å². The van der Waals surface area contributed by atoms with Crippen molar-refractivity contribution in [2.24, 2.45) is 0 Å². The molecular formula is C25H24FN5O3S. The van der Waals surface area contributed by atoms with E-state index in [2.05, 4.69) is 20.4 Å². The third-order valence-corrected chi connectivity index (χ3v) is 7.52. The smallest absolute Gasteiger partial charge is 0.189 e. The quantitative estimate of drug-likeness (QED) is 0.373. The Labute approximate surface area is 204 Å². The van der Waals surface area contributed by atoms with E-state index in [1.807, 2.05) is 30.3 Å². The molecule has 1 aliphatic rings. The van der Waals surface area contributed by atoms with E-state index in [1.165, 1.54) is 6.07 Å². The number of ether oxygens (including phenoxy) is 1. The first-order valence-electron chi connectivity index (χ1n) is 11.1. The maximum atomic E-state index is 14.6. The Morgan fingerprint density at radius 3 is 2.71 bits per heavy atom. The largest absolute Gasteiger partial charge is 0.611 e. The second-order valence-electron chi connectivity index (χ2n) is 8.22. The molecule has 1 fully saturated rings. The van der Waals surface area contributed by atoms with Crippen LogP contribution in [0.15, 0.2) is 64.1 Å². The summed E-state index contributed by atoms with van der Waals surface area (Å²) in [6.45, 7) is 1.73. The molecule has 10 heteroatoms. The van der Waals surface area contributed by atoms with Gasteiger partial charge in [-0.1, -0.05) is 11.2 Å². The minimum absolute atomic E-state index is 0.0220. The highest BCUT2D eigenvalue weighted by atomic mass is 32.2. The summed E-state index contributed by atoms with van der Waals surface area (Å²) in [5, 5.41) is 7.03. The lowest BCUT2D eigenvalue weighted by atomic mass is 10.1. The third kappa shape index (κ3) is 4.92. The van der Waals surface area contributed by atoms with E-state index in [0.717, 1.165) is 22.4 Å². The van der Waals surface area contributed by atoms with Crippen LogP contribution in [0.2, 0.25) is 0 Å². The van der Waals surface area contributed by atoms with Crippen molar-refractivity contribution >= 4 is 17.0 Å². The maximum absolute atomic E-state index is 14.6. The highest BCUT2D eigenvalue weighted by Crippen LogP contribution is 2.31. The first kappa shape index (κ1) is 23.4. The Hall–Kier alpha value is -3.31. The zero-order valence-corrected chi connectivity index (χ0v) is 19.8. The van der Waals surface area contributed by atoms with Crippen molar-refractivity contribution in [1.29, 1.82) is 0 Å². The molecule has 5 rings (SSSR count). The van der Waals surface area contributed by atoms with Crippen molar-refractivity contribution in [1.82, 2.24) is 20.4 Å². The Kier molecular flexibility index (Phi) is 6.78. The van der Waals surface area contributed by atoms with Gasteiger partial charge in [0.25, 0.3) is 0 Å². The Morgan fingerprint density at radius 1 is 1.17 bits per heavy atom. The molecule has 1 saturated heterocycles. The van der Waals surface area contributed by atoms with Crippen LogP contribution in [-0.2, 0) is 22.5 Å². The fourth-order valence-electron chi connectivity index (χ4n) is 3.95. The second kappa shape index (κ2) is 10.1. The molecule has 180 valence electrons. The monoisotopic (exact) mass is 493 g/mol. The molecule has 35 heavy (non-hydrogen) atoms. The van der Waals surface area contributed by atoms with Crippen LogP contribution in [0.25, 0.3) is 34.0 Å². The number of nitrogens with zero attached hydrogens (tertiary/aromatic N) is 3. The van der Waals surface area contributed by atoms with Gasteiger partial charge in [0.05, 0.1) is 25.1 Å². The van der Waals surface area contributed by atoms with Gasteiger partial charge >= 0.3 is 0 Å². The number of anilines is 1. The molecule has 2 aromatic heterocycles. The van der Waals surface area contributed by atoms with Gasteiger partial charge < -0.3 is 24.9 Å². The van der Waals surface area contributed by atoms with E-state index in [4.69, 9.17) is 15.0 Å². The zero-order valence-electron chi connectivity index (χ0n) is 19.0. The first-order chi connectivity index (χ1) is 17.0. The molecule has 0 spiro atoms. The van der Waals surface area contributed by atoms with Gasteiger partial charge in [0.2, 0.25) is 0 Å². The summed E-state index contributed by atoms with van der Waals surface area (Å²) in [7, 11) is 1.80. The number of hydrogen-bond acceptors (Lipinski definition) is 8. The van der Waals surface area contributed by atoms with Crippen LogP contribution in [0.4, 0.5) is 10.2 Å². The van der Waals surface area contributed by atoms with E-state index in [-0.39, 0.29) is 16.8 Å². The van der Waals surface area contributed by atoms with Crippen molar-refractivity contribution in [3.8, 4) is 34.0 Å². The fourth-order valence-corrected chi connectivity index (χ4v) is 5.27. The molecule has 0 radical (unpaired) electrons. The highest BCUT2D eigenvalue weighted by Gasteiger charge is 2.29. The number of nitrogen functional groups attached to an aromatic ring is 1. The zero-order chi connectivity index (χ0) is 24.4.